The predicted octanol–water partition coefficient (Wildman–Crippen LogP) is 3.41. The SMILES string of the molecule is Cl.c1cc(C2CC2)cc(C2CCCN2)c1. The van der Waals surface area contributed by atoms with E-state index in [0.29, 0.717) is 6.04 Å². The summed E-state index contributed by atoms with van der Waals surface area (Å²) in [5, 5.41) is 3.56. The zero-order valence-corrected chi connectivity index (χ0v) is 9.72. The topological polar surface area (TPSA) is 12.0 Å². The van der Waals surface area contributed by atoms with Crippen molar-refractivity contribution in [2.75, 3.05) is 6.54 Å². The lowest BCUT2D eigenvalue weighted by molar-refractivity contribution is 0.647. The first-order chi connectivity index (χ1) is 6.93. The number of halogens is 1. The molecule has 2 fully saturated rings. The number of hydrogen-bond acceptors (Lipinski definition) is 1. The van der Waals surface area contributed by atoms with Crippen molar-refractivity contribution in [2.24, 2.45) is 0 Å². The van der Waals surface area contributed by atoms with E-state index in [4.69, 9.17) is 0 Å². The van der Waals surface area contributed by atoms with E-state index >= 15 is 0 Å². The third-order valence-electron chi connectivity index (χ3n) is 3.42. The van der Waals surface area contributed by atoms with E-state index in [1.54, 1.807) is 5.56 Å². The van der Waals surface area contributed by atoms with Crippen molar-refractivity contribution in [2.45, 2.75) is 37.6 Å². The van der Waals surface area contributed by atoms with E-state index in [0.717, 1.165) is 5.92 Å². The molecule has 0 amide bonds. The van der Waals surface area contributed by atoms with Crippen LogP contribution in [-0.2, 0) is 0 Å². The van der Waals surface area contributed by atoms with Crippen molar-refractivity contribution < 1.29 is 0 Å². The van der Waals surface area contributed by atoms with Gasteiger partial charge >= 0.3 is 0 Å². The van der Waals surface area contributed by atoms with Crippen LogP contribution in [0.4, 0.5) is 0 Å². The third-order valence-corrected chi connectivity index (χ3v) is 3.42. The van der Waals surface area contributed by atoms with Gasteiger partial charge in [-0.25, -0.2) is 0 Å². The summed E-state index contributed by atoms with van der Waals surface area (Å²) in [5.41, 5.74) is 3.07. The predicted molar refractivity (Wildman–Crippen MR) is 65.6 cm³/mol. The molecule has 2 heteroatoms. The standard InChI is InChI=1S/C13H17N.ClH/c1-3-11(10-6-7-10)9-12(4-1)13-5-2-8-14-13;/h1,3-4,9-10,13-14H,2,5-8H2;1H. The molecule has 1 N–H and O–H groups in total. The molecule has 0 bridgehead atoms. The molecule has 0 radical (unpaired) electrons. The molecule has 3 rings (SSSR count). The Balaban J connectivity index is 0.000000853. The summed E-state index contributed by atoms with van der Waals surface area (Å²) in [7, 11) is 0. The molecular formula is C13H18ClN. The fourth-order valence-corrected chi connectivity index (χ4v) is 2.42. The Kier molecular flexibility index (Phi) is 3.32. The van der Waals surface area contributed by atoms with Gasteiger partial charge in [0, 0.05) is 6.04 Å². The lowest BCUT2D eigenvalue weighted by atomic mass is 10.0. The second-order valence-corrected chi connectivity index (χ2v) is 4.59. The highest BCUT2D eigenvalue weighted by atomic mass is 35.5. The maximum Gasteiger partial charge on any atom is 0.0320 e. The summed E-state index contributed by atoms with van der Waals surface area (Å²) in [6.45, 7) is 1.19. The van der Waals surface area contributed by atoms with Crippen LogP contribution in [-0.4, -0.2) is 6.54 Å². The second kappa shape index (κ2) is 4.54. The molecule has 2 aliphatic rings. The van der Waals surface area contributed by atoms with Crippen LogP contribution < -0.4 is 5.32 Å². The highest BCUT2D eigenvalue weighted by Gasteiger charge is 2.24. The molecule has 1 nitrogen and oxygen atoms in total. The molecule has 1 aromatic rings. The molecule has 1 unspecified atom stereocenters. The molecule has 0 aromatic heterocycles. The van der Waals surface area contributed by atoms with Crippen LogP contribution in [0.25, 0.3) is 0 Å². The largest absolute Gasteiger partial charge is 0.310 e. The summed E-state index contributed by atoms with van der Waals surface area (Å²) in [6.07, 6.45) is 5.45. The van der Waals surface area contributed by atoms with Crippen molar-refractivity contribution in [3.8, 4) is 0 Å². The quantitative estimate of drug-likeness (QED) is 0.811. The number of rotatable bonds is 2. The molecule has 1 saturated heterocycles. The van der Waals surface area contributed by atoms with Gasteiger partial charge in [0.2, 0.25) is 0 Å². The van der Waals surface area contributed by atoms with Gasteiger partial charge in [0.25, 0.3) is 0 Å². The molecule has 1 aliphatic heterocycles. The van der Waals surface area contributed by atoms with Crippen LogP contribution in [0.1, 0.15) is 48.8 Å². The number of nitrogens with one attached hydrogen (secondary N) is 1. The Labute approximate surface area is 97.7 Å². The highest BCUT2D eigenvalue weighted by Crippen LogP contribution is 2.40. The van der Waals surface area contributed by atoms with E-state index in [1.165, 1.54) is 37.8 Å². The molecule has 1 atom stereocenters. The van der Waals surface area contributed by atoms with E-state index < -0.39 is 0 Å². The number of benzene rings is 1. The minimum absolute atomic E-state index is 0. The Morgan fingerprint density at radius 2 is 1.87 bits per heavy atom. The molecule has 0 spiro atoms. The summed E-state index contributed by atoms with van der Waals surface area (Å²) in [6, 6.07) is 9.84. The van der Waals surface area contributed by atoms with Gasteiger partial charge in [-0.3, -0.25) is 0 Å². The molecular weight excluding hydrogens is 206 g/mol. The van der Waals surface area contributed by atoms with Crippen LogP contribution in [0.15, 0.2) is 24.3 Å². The van der Waals surface area contributed by atoms with Gasteiger partial charge in [-0.15, -0.1) is 12.4 Å². The summed E-state index contributed by atoms with van der Waals surface area (Å²) in [5.74, 6) is 0.886. The maximum atomic E-state index is 3.56. The van der Waals surface area contributed by atoms with E-state index in [2.05, 4.69) is 29.6 Å². The van der Waals surface area contributed by atoms with E-state index in [-0.39, 0.29) is 12.4 Å². The molecule has 1 aromatic carbocycles. The van der Waals surface area contributed by atoms with Gasteiger partial charge in [-0.2, -0.15) is 0 Å². The molecule has 1 aliphatic carbocycles. The maximum absolute atomic E-state index is 3.56. The Morgan fingerprint density at radius 3 is 2.53 bits per heavy atom. The first-order valence-electron chi connectivity index (χ1n) is 5.77. The zero-order valence-electron chi connectivity index (χ0n) is 8.91. The van der Waals surface area contributed by atoms with Crippen LogP contribution in [0.2, 0.25) is 0 Å². The minimum Gasteiger partial charge on any atom is -0.310 e. The van der Waals surface area contributed by atoms with Gasteiger partial charge in [-0.1, -0.05) is 24.3 Å². The van der Waals surface area contributed by atoms with Crippen molar-refractivity contribution in [3.05, 3.63) is 35.4 Å². The van der Waals surface area contributed by atoms with Crippen molar-refractivity contribution in [1.29, 1.82) is 0 Å². The summed E-state index contributed by atoms with van der Waals surface area (Å²) < 4.78 is 0. The van der Waals surface area contributed by atoms with Crippen LogP contribution >= 0.6 is 12.4 Å². The van der Waals surface area contributed by atoms with Crippen LogP contribution in [0, 0.1) is 0 Å². The van der Waals surface area contributed by atoms with Gasteiger partial charge in [0.1, 0.15) is 0 Å². The number of hydrogen-bond donors (Lipinski definition) is 1. The lowest BCUT2D eigenvalue weighted by Crippen LogP contribution is -2.12. The average Bonchev–Trinajstić information content (AvgIpc) is 2.94. The van der Waals surface area contributed by atoms with Crippen LogP contribution in [0.5, 0.6) is 0 Å². The van der Waals surface area contributed by atoms with Gasteiger partial charge in [0.05, 0.1) is 0 Å². The lowest BCUT2D eigenvalue weighted by Gasteiger charge is -2.11. The van der Waals surface area contributed by atoms with Crippen molar-refractivity contribution in [1.82, 2.24) is 5.32 Å². The molecule has 15 heavy (non-hydrogen) atoms. The van der Waals surface area contributed by atoms with Crippen molar-refractivity contribution in [3.63, 3.8) is 0 Å². The summed E-state index contributed by atoms with van der Waals surface area (Å²) in [4.78, 5) is 0. The molecule has 1 saturated carbocycles. The molecule has 82 valence electrons. The first-order valence-corrected chi connectivity index (χ1v) is 5.77. The van der Waals surface area contributed by atoms with Crippen LogP contribution in [0.3, 0.4) is 0 Å². The third kappa shape index (κ3) is 2.35. The Bertz CT molecular complexity index is 327. The fourth-order valence-electron chi connectivity index (χ4n) is 2.42. The van der Waals surface area contributed by atoms with Gasteiger partial charge < -0.3 is 5.32 Å². The Morgan fingerprint density at radius 1 is 1.07 bits per heavy atom. The van der Waals surface area contributed by atoms with Crippen molar-refractivity contribution >= 4 is 12.4 Å². The molecule has 1 heterocycles. The monoisotopic (exact) mass is 223 g/mol. The van der Waals surface area contributed by atoms with Gasteiger partial charge in [-0.05, 0) is 49.3 Å². The Hall–Kier alpha value is -0.530. The van der Waals surface area contributed by atoms with Gasteiger partial charge in [0.15, 0.2) is 0 Å². The smallest absolute Gasteiger partial charge is 0.0320 e. The normalized spacial score (nSPS) is 24.9. The van der Waals surface area contributed by atoms with E-state index in [9.17, 15) is 0 Å². The minimum atomic E-state index is 0. The average molecular weight is 224 g/mol. The second-order valence-electron chi connectivity index (χ2n) is 4.59. The highest BCUT2D eigenvalue weighted by molar-refractivity contribution is 5.85. The fraction of sp³-hybridized carbons (Fsp3) is 0.538. The zero-order chi connectivity index (χ0) is 9.38. The first kappa shape index (κ1) is 11.0. The van der Waals surface area contributed by atoms with E-state index in [1.807, 2.05) is 0 Å². The summed E-state index contributed by atoms with van der Waals surface area (Å²) >= 11 is 0.